The van der Waals surface area contributed by atoms with Crippen LogP contribution in [0, 0.1) is 5.92 Å². The molecule has 1 aromatic heterocycles. The fourth-order valence-corrected chi connectivity index (χ4v) is 3.36. The van der Waals surface area contributed by atoms with E-state index >= 15 is 0 Å². The van der Waals surface area contributed by atoms with Crippen molar-refractivity contribution in [1.29, 1.82) is 0 Å². The molecule has 1 aliphatic carbocycles. The Balaban J connectivity index is 1.43. The van der Waals surface area contributed by atoms with Gasteiger partial charge in [-0.3, -0.25) is 4.90 Å². The van der Waals surface area contributed by atoms with E-state index in [0.717, 1.165) is 38.6 Å². The van der Waals surface area contributed by atoms with E-state index in [9.17, 15) is 0 Å². The second-order valence-corrected chi connectivity index (χ2v) is 6.19. The van der Waals surface area contributed by atoms with Crippen molar-refractivity contribution >= 4 is 0 Å². The molecule has 0 amide bonds. The van der Waals surface area contributed by atoms with Gasteiger partial charge in [-0.05, 0) is 30.7 Å². The Morgan fingerprint density at radius 3 is 3.15 bits per heavy atom. The highest BCUT2D eigenvalue weighted by molar-refractivity contribution is 5.18. The molecule has 0 N–H and O–H groups in total. The van der Waals surface area contributed by atoms with Gasteiger partial charge in [-0.2, -0.15) is 0 Å². The molecular formula is C16H25N3O. The van der Waals surface area contributed by atoms with Gasteiger partial charge >= 0.3 is 0 Å². The van der Waals surface area contributed by atoms with E-state index in [1.54, 1.807) is 6.33 Å². The van der Waals surface area contributed by atoms with E-state index in [0.29, 0.717) is 6.10 Å². The first kappa shape index (κ1) is 14.0. The minimum atomic E-state index is 0.489. The summed E-state index contributed by atoms with van der Waals surface area (Å²) in [6.07, 6.45) is 10.5. The van der Waals surface area contributed by atoms with Crippen molar-refractivity contribution in [3.8, 4) is 0 Å². The minimum Gasteiger partial charge on any atom is -0.377 e. The molecule has 1 saturated carbocycles. The third kappa shape index (κ3) is 3.36. The zero-order valence-electron chi connectivity index (χ0n) is 12.4. The van der Waals surface area contributed by atoms with Gasteiger partial charge in [-0.25, -0.2) is 9.97 Å². The van der Waals surface area contributed by atoms with Crippen molar-refractivity contribution in [2.24, 2.45) is 5.92 Å². The topological polar surface area (TPSA) is 38.2 Å². The highest BCUT2D eigenvalue weighted by Crippen LogP contribution is 2.26. The van der Waals surface area contributed by atoms with Gasteiger partial charge in [0, 0.05) is 25.8 Å². The Kier molecular flexibility index (Phi) is 4.63. The molecule has 110 valence electrons. The van der Waals surface area contributed by atoms with Crippen LogP contribution >= 0.6 is 0 Å². The molecule has 1 aromatic rings. The van der Waals surface area contributed by atoms with Crippen molar-refractivity contribution in [2.45, 2.75) is 51.7 Å². The summed E-state index contributed by atoms with van der Waals surface area (Å²) in [6, 6.07) is 0. The summed E-state index contributed by atoms with van der Waals surface area (Å²) in [4.78, 5) is 10.9. The lowest BCUT2D eigenvalue weighted by Crippen LogP contribution is -2.35. The van der Waals surface area contributed by atoms with Gasteiger partial charge in [-0.1, -0.05) is 19.8 Å². The summed E-state index contributed by atoms with van der Waals surface area (Å²) in [5.41, 5.74) is 2.50. The van der Waals surface area contributed by atoms with E-state index in [4.69, 9.17) is 4.74 Å². The first-order valence-corrected chi connectivity index (χ1v) is 7.94. The molecule has 0 saturated heterocycles. The van der Waals surface area contributed by atoms with Gasteiger partial charge in [0.25, 0.3) is 0 Å². The van der Waals surface area contributed by atoms with Crippen LogP contribution in [0.15, 0.2) is 12.5 Å². The third-order valence-electron chi connectivity index (χ3n) is 4.72. The van der Waals surface area contributed by atoms with E-state index in [-0.39, 0.29) is 0 Å². The average molecular weight is 275 g/mol. The summed E-state index contributed by atoms with van der Waals surface area (Å²) in [5.74, 6) is 0.735. The molecule has 20 heavy (non-hydrogen) atoms. The van der Waals surface area contributed by atoms with Crippen LogP contribution in [0.1, 0.15) is 43.9 Å². The maximum Gasteiger partial charge on any atom is 0.115 e. The molecule has 2 aliphatic rings. The van der Waals surface area contributed by atoms with E-state index < -0.39 is 0 Å². The first-order valence-electron chi connectivity index (χ1n) is 7.94. The minimum absolute atomic E-state index is 0.489. The summed E-state index contributed by atoms with van der Waals surface area (Å²) >= 11 is 0. The Morgan fingerprint density at radius 2 is 2.25 bits per heavy atom. The lowest BCUT2D eigenvalue weighted by atomic mass is 9.88. The van der Waals surface area contributed by atoms with Crippen LogP contribution in [0.3, 0.4) is 0 Å². The Morgan fingerprint density at radius 1 is 1.35 bits per heavy atom. The molecule has 4 nitrogen and oxygen atoms in total. The Labute approximate surface area is 121 Å². The van der Waals surface area contributed by atoms with Gasteiger partial charge in [0.1, 0.15) is 6.33 Å². The smallest absolute Gasteiger partial charge is 0.115 e. The van der Waals surface area contributed by atoms with Gasteiger partial charge in [-0.15, -0.1) is 0 Å². The summed E-state index contributed by atoms with van der Waals surface area (Å²) in [6.45, 7) is 6.26. The molecule has 1 fully saturated rings. The molecule has 0 spiro atoms. The number of ether oxygens (including phenoxy) is 1. The van der Waals surface area contributed by atoms with Crippen molar-refractivity contribution in [1.82, 2.24) is 14.9 Å². The second kappa shape index (κ2) is 6.64. The second-order valence-electron chi connectivity index (χ2n) is 6.19. The highest BCUT2D eigenvalue weighted by Gasteiger charge is 2.22. The third-order valence-corrected chi connectivity index (χ3v) is 4.72. The zero-order chi connectivity index (χ0) is 13.8. The SMILES string of the molecule is C[C@@H]1CCCC[C@@H]1OCCN1CCc2cncnc2C1. The van der Waals surface area contributed by atoms with Crippen molar-refractivity contribution < 1.29 is 4.74 Å². The summed E-state index contributed by atoms with van der Waals surface area (Å²) < 4.78 is 6.11. The number of aromatic nitrogens is 2. The quantitative estimate of drug-likeness (QED) is 0.846. The highest BCUT2D eigenvalue weighted by atomic mass is 16.5. The maximum absolute atomic E-state index is 6.11. The molecule has 4 heteroatoms. The van der Waals surface area contributed by atoms with Crippen molar-refractivity contribution in [3.05, 3.63) is 23.8 Å². The van der Waals surface area contributed by atoms with Crippen molar-refractivity contribution in [3.63, 3.8) is 0 Å². The normalized spacial score (nSPS) is 27.2. The van der Waals surface area contributed by atoms with E-state index in [1.807, 2.05) is 6.20 Å². The predicted octanol–water partition coefficient (Wildman–Crippen LogP) is 2.43. The summed E-state index contributed by atoms with van der Waals surface area (Å²) in [7, 11) is 0. The molecule has 3 rings (SSSR count). The number of hydrogen-bond donors (Lipinski definition) is 0. The lowest BCUT2D eigenvalue weighted by Gasteiger charge is -2.31. The van der Waals surface area contributed by atoms with Crippen LogP contribution in [-0.2, 0) is 17.7 Å². The molecule has 0 radical (unpaired) electrons. The first-order chi connectivity index (χ1) is 9.83. The molecule has 1 aliphatic heterocycles. The molecule has 2 heterocycles. The monoisotopic (exact) mass is 275 g/mol. The number of fused-ring (bicyclic) bond motifs is 1. The van der Waals surface area contributed by atoms with Gasteiger partial charge < -0.3 is 4.74 Å². The van der Waals surface area contributed by atoms with Gasteiger partial charge in [0.15, 0.2) is 0 Å². The fourth-order valence-electron chi connectivity index (χ4n) is 3.36. The fraction of sp³-hybridized carbons (Fsp3) is 0.750. The molecule has 0 bridgehead atoms. The number of hydrogen-bond acceptors (Lipinski definition) is 4. The van der Waals surface area contributed by atoms with Gasteiger partial charge in [0.05, 0.1) is 18.4 Å². The molecule has 2 atom stereocenters. The molecular weight excluding hydrogens is 250 g/mol. The number of rotatable bonds is 4. The summed E-state index contributed by atoms with van der Waals surface area (Å²) in [5, 5.41) is 0. The van der Waals surface area contributed by atoms with Gasteiger partial charge in [0.2, 0.25) is 0 Å². The van der Waals surface area contributed by atoms with Crippen LogP contribution in [0.2, 0.25) is 0 Å². The standard InChI is InChI=1S/C16H25N3O/c1-13-4-2-3-5-16(13)20-9-8-19-7-6-14-10-17-12-18-15(14)11-19/h10,12-13,16H,2-9,11H2,1H3/t13-,16+/m1/s1. The zero-order valence-corrected chi connectivity index (χ0v) is 12.4. The predicted molar refractivity (Wildman–Crippen MR) is 78.4 cm³/mol. The Hall–Kier alpha value is -1.00. The van der Waals surface area contributed by atoms with Crippen LogP contribution in [0.25, 0.3) is 0 Å². The molecule has 0 unspecified atom stereocenters. The van der Waals surface area contributed by atoms with Crippen LogP contribution < -0.4 is 0 Å². The van der Waals surface area contributed by atoms with Crippen LogP contribution in [0.4, 0.5) is 0 Å². The maximum atomic E-state index is 6.11. The average Bonchev–Trinajstić information content (AvgIpc) is 2.49. The van der Waals surface area contributed by atoms with Crippen LogP contribution in [-0.4, -0.2) is 40.7 Å². The van der Waals surface area contributed by atoms with E-state index in [1.165, 1.54) is 36.9 Å². The van der Waals surface area contributed by atoms with Crippen molar-refractivity contribution in [2.75, 3.05) is 19.7 Å². The molecule has 0 aromatic carbocycles. The lowest BCUT2D eigenvalue weighted by molar-refractivity contribution is -0.0151. The largest absolute Gasteiger partial charge is 0.377 e. The Bertz CT molecular complexity index is 437. The van der Waals surface area contributed by atoms with E-state index in [2.05, 4.69) is 21.8 Å². The van der Waals surface area contributed by atoms with Crippen LogP contribution in [0.5, 0.6) is 0 Å². The number of nitrogens with zero attached hydrogens (tertiary/aromatic N) is 3.